The molecule has 3 nitrogen and oxygen atoms in total. The minimum atomic E-state index is -0.213. The number of hydrogen-bond donors (Lipinski definition) is 0. The highest BCUT2D eigenvalue weighted by molar-refractivity contribution is 5.34. The lowest BCUT2D eigenvalue weighted by Gasteiger charge is -2.15. The molecule has 1 aliphatic heterocycles. The second kappa shape index (κ2) is 5.71. The van der Waals surface area contributed by atoms with Crippen LogP contribution in [0.15, 0.2) is 23.2 Å². The second-order valence-electron chi connectivity index (χ2n) is 4.32. The number of halogens is 1. The largest absolute Gasteiger partial charge is 0.299 e. The molecule has 0 aromatic heterocycles. The predicted octanol–water partition coefficient (Wildman–Crippen LogP) is 2.26. The Balaban J connectivity index is 2.05. The van der Waals surface area contributed by atoms with Crippen molar-refractivity contribution in [2.45, 2.75) is 25.9 Å². The SMILES string of the molecule is O=C=NCc1ccc(CN2CCCC2)c(F)c1. The lowest BCUT2D eigenvalue weighted by atomic mass is 10.1. The van der Waals surface area contributed by atoms with E-state index in [0.717, 1.165) is 13.1 Å². The zero-order chi connectivity index (χ0) is 12.1. The van der Waals surface area contributed by atoms with Gasteiger partial charge >= 0.3 is 0 Å². The Bertz CT molecular complexity index is 435. The summed E-state index contributed by atoms with van der Waals surface area (Å²) in [5.41, 5.74) is 1.42. The average Bonchev–Trinajstić information content (AvgIpc) is 2.82. The van der Waals surface area contributed by atoms with Gasteiger partial charge in [-0.1, -0.05) is 12.1 Å². The Morgan fingerprint density at radius 3 is 2.76 bits per heavy atom. The Morgan fingerprint density at radius 2 is 2.12 bits per heavy atom. The van der Waals surface area contributed by atoms with Crippen LogP contribution in [-0.2, 0) is 17.9 Å². The number of nitrogens with zero attached hydrogens (tertiary/aromatic N) is 2. The number of carbonyl (C=O) groups excluding carboxylic acids is 1. The molecule has 1 aromatic rings. The maximum Gasteiger partial charge on any atom is 0.235 e. The molecule has 1 saturated heterocycles. The molecule has 0 saturated carbocycles. The van der Waals surface area contributed by atoms with Crippen molar-refractivity contribution < 1.29 is 9.18 Å². The topological polar surface area (TPSA) is 32.7 Å². The highest BCUT2D eigenvalue weighted by Crippen LogP contribution is 2.16. The third kappa shape index (κ3) is 3.22. The number of benzene rings is 1. The van der Waals surface area contributed by atoms with Gasteiger partial charge in [-0.15, -0.1) is 0 Å². The van der Waals surface area contributed by atoms with Gasteiger partial charge < -0.3 is 0 Å². The molecule has 1 heterocycles. The number of aliphatic imine (C=N–C) groups is 1. The summed E-state index contributed by atoms with van der Waals surface area (Å²) in [4.78, 5) is 15.7. The van der Waals surface area contributed by atoms with Crippen LogP contribution in [0, 0.1) is 5.82 Å². The maximum absolute atomic E-state index is 13.8. The molecule has 0 amide bonds. The normalized spacial score (nSPS) is 15.8. The van der Waals surface area contributed by atoms with E-state index < -0.39 is 0 Å². The van der Waals surface area contributed by atoms with Crippen molar-refractivity contribution in [3.63, 3.8) is 0 Å². The Kier molecular flexibility index (Phi) is 4.02. The molecule has 0 aliphatic carbocycles. The summed E-state index contributed by atoms with van der Waals surface area (Å²) in [6, 6.07) is 5.05. The van der Waals surface area contributed by atoms with Crippen LogP contribution < -0.4 is 0 Å². The van der Waals surface area contributed by atoms with E-state index in [2.05, 4.69) is 9.89 Å². The molecule has 90 valence electrons. The lowest BCUT2D eigenvalue weighted by molar-refractivity contribution is 0.325. The van der Waals surface area contributed by atoms with Gasteiger partial charge in [-0.25, -0.2) is 14.2 Å². The molecule has 0 bridgehead atoms. The highest BCUT2D eigenvalue weighted by Gasteiger charge is 2.13. The summed E-state index contributed by atoms with van der Waals surface area (Å²) in [7, 11) is 0. The van der Waals surface area contributed by atoms with Gasteiger partial charge in [0.2, 0.25) is 6.08 Å². The monoisotopic (exact) mass is 234 g/mol. The van der Waals surface area contributed by atoms with Crippen molar-refractivity contribution in [2.75, 3.05) is 13.1 Å². The number of rotatable bonds is 4. The van der Waals surface area contributed by atoms with E-state index in [9.17, 15) is 9.18 Å². The molecule has 0 atom stereocenters. The summed E-state index contributed by atoms with van der Waals surface area (Å²) in [6.07, 6.45) is 3.86. The van der Waals surface area contributed by atoms with Crippen LogP contribution in [0.2, 0.25) is 0 Å². The summed E-state index contributed by atoms with van der Waals surface area (Å²) in [6.45, 7) is 2.97. The zero-order valence-electron chi connectivity index (χ0n) is 9.66. The molecule has 4 heteroatoms. The highest BCUT2D eigenvalue weighted by atomic mass is 19.1. The van der Waals surface area contributed by atoms with Gasteiger partial charge in [0.1, 0.15) is 5.82 Å². The van der Waals surface area contributed by atoms with Gasteiger partial charge in [0, 0.05) is 12.1 Å². The first kappa shape index (κ1) is 12.0. The average molecular weight is 234 g/mol. The van der Waals surface area contributed by atoms with E-state index in [-0.39, 0.29) is 12.4 Å². The van der Waals surface area contributed by atoms with Gasteiger partial charge in [0.25, 0.3) is 0 Å². The van der Waals surface area contributed by atoms with Crippen molar-refractivity contribution in [3.8, 4) is 0 Å². The summed E-state index contributed by atoms with van der Waals surface area (Å²) < 4.78 is 13.8. The summed E-state index contributed by atoms with van der Waals surface area (Å²) in [5, 5.41) is 0. The predicted molar refractivity (Wildman–Crippen MR) is 62.7 cm³/mol. The molecular formula is C13H15FN2O. The fraction of sp³-hybridized carbons (Fsp3) is 0.462. The van der Waals surface area contributed by atoms with E-state index in [0.29, 0.717) is 17.7 Å². The van der Waals surface area contributed by atoms with E-state index in [1.807, 2.05) is 6.07 Å². The van der Waals surface area contributed by atoms with Crippen molar-refractivity contribution >= 4 is 6.08 Å². The van der Waals surface area contributed by atoms with Crippen molar-refractivity contribution in [2.24, 2.45) is 4.99 Å². The standard InChI is InChI=1S/C13H15FN2O/c14-13-7-11(8-15-10-17)3-4-12(13)9-16-5-1-2-6-16/h3-4,7H,1-2,5-6,8-9H2. The molecule has 1 aromatic carbocycles. The summed E-state index contributed by atoms with van der Waals surface area (Å²) in [5.74, 6) is -0.213. The molecule has 2 rings (SSSR count). The smallest absolute Gasteiger partial charge is 0.235 e. The van der Waals surface area contributed by atoms with Crippen molar-refractivity contribution in [1.29, 1.82) is 0 Å². The van der Waals surface area contributed by atoms with Gasteiger partial charge in [-0.3, -0.25) is 4.90 Å². The minimum absolute atomic E-state index is 0.199. The maximum atomic E-state index is 13.8. The fourth-order valence-corrected chi connectivity index (χ4v) is 2.12. The molecule has 1 fully saturated rings. The number of hydrogen-bond acceptors (Lipinski definition) is 3. The first-order valence-electron chi connectivity index (χ1n) is 5.83. The van der Waals surface area contributed by atoms with Crippen LogP contribution in [0.1, 0.15) is 24.0 Å². The van der Waals surface area contributed by atoms with Gasteiger partial charge in [0.15, 0.2) is 0 Å². The first-order valence-corrected chi connectivity index (χ1v) is 5.83. The fourth-order valence-electron chi connectivity index (χ4n) is 2.12. The Labute approximate surface area is 100.0 Å². The Hall–Kier alpha value is -1.51. The minimum Gasteiger partial charge on any atom is -0.299 e. The first-order chi connectivity index (χ1) is 8.29. The van der Waals surface area contributed by atoms with Crippen molar-refractivity contribution in [3.05, 3.63) is 35.1 Å². The molecule has 0 unspecified atom stereocenters. The number of likely N-dealkylation sites (tertiary alicyclic amines) is 1. The van der Waals surface area contributed by atoms with E-state index in [4.69, 9.17) is 0 Å². The van der Waals surface area contributed by atoms with Crippen LogP contribution in [0.3, 0.4) is 0 Å². The second-order valence-corrected chi connectivity index (χ2v) is 4.32. The van der Waals surface area contributed by atoms with Gasteiger partial charge in [0.05, 0.1) is 6.54 Å². The van der Waals surface area contributed by atoms with E-state index >= 15 is 0 Å². The summed E-state index contributed by atoms with van der Waals surface area (Å²) >= 11 is 0. The van der Waals surface area contributed by atoms with Gasteiger partial charge in [-0.05, 0) is 37.6 Å². The quantitative estimate of drug-likeness (QED) is 0.591. The molecule has 0 N–H and O–H groups in total. The third-order valence-corrected chi connectivity index (χ3v) is 3.04. The van der Waals surface area contributed by atoms with Crippen LogP contribution in [0.25, 0.3) is 0 Å². The van der Waals surface area contributed by atoms with Crippen LogP contribution in [0.5, 0.6) is 0 Å². The molecule has 17 heavy (non-hydrogen) atoms. The lowest BCUT2D eigenvalue weighted by Crippen LogP contribution is -2.19. The molecule has 0 spiro atoms. The van der Waals surface area contributed by atoms with Crippen LogP contribution >= 0.6 is 0 Å². The van der Waals surface area contributed by atoms with Crippen LogP contribution in [0.4, 0.5) is 4.39 Å². The molecule has 0 radical (unpaired) electrons. The molecule has 1 aliphatic rings. The molecular weight excluding hydrogens is 219 g/mol. The van der Waals surface area contributed by atoms with Crippen LogP contribution in [-0.4, -0.2) is 24.1 Å². The van der Waals surface area contributed by atoms with E-state index in [1.165, 1.54) is 25.0 Å². The van der Waals surface area contributed by atoms with Crippen molar-refractivity contribution in [1.82, 2.24) is 4.90 Å². The van der Waals surface area contributed by atoms with E-state index in [1.54, 1.807) is 6.07 Å². The third-order valence-electron chi connectivity index (χ3n) is 3.04. The number of isocyanates is 1. The zero-order valence-corrected chi connectivity index (χ0v) is 9.66. The van der Waals surface area contributed by atoms with Gasteiger partial charge in [-0.2, -0.15) is 0 Å². The Morgan fingerprint density at radius 1 is 1.35 bits per heavy atom.